The van der Waals surface area contributed by atoms with Crippen LogP contribution in [0.1, 0.15) is 11.4 Å². The molecular formula is C11H14N4. The molecule has 2 N–H and O–H groups in total. The Hall–Kier alpha value is -1.68. The van der Waals surface area contributed by atoms with Crippen molar-refractivity contribution in [1.82, 2.24) is 14.5 Å². The number of hydrogen-bond donors (Lipinski definition) is 1. The summed E-state index contributed by atoms with van der Waals surface area (Å²) in [6.45, 7) is 2.59. The Bertz CT molecular complexity index is 447. The molecule has 15 heavy (non-hydrogen) atoms. The molecule has 78 valence electrons. The third kappa shape index (κ3) is 1.89. The number of nitrogens with zero attached hydrogens (tertiary/aromatic N) is 3. The molecule has 2 rings (SSSR count). The predicted molar refractivity (Wildman–Crippen MR) is 58.9 cm³/mol. The summed E-state index contributed by atoms with van der Waals surface area (Å²) in [6, 6.07) is 3.98. The Morgan fingerprint density at radius 3 is 2.87 bits per heavy atom. The van der Waals surface area contributed by atoms with Gasteiger partial charge in [-0.15, -0.1) is 0 Å². The van der Waals surface area contributed by atoms with Gasteiger partial charge in [-0.25, -0.2) is 9.97 Å². The molecule has 0 amide bonds. The van der Waals surface area contributed by atoms with Crippen molar-refractivity contribution >= 4 is 0 Å². The molecule has 0 aliphatic carbocycles. The van der Waals surface area contributed by atoms with E-state index in [0.717, 1.165) is 23.6 Å². The Morgan fingerprint density at radius 2 is 2.20 bits per heavy atom. The third-order valence-electron chi connectivity index (χ3n) is 2.34. The van der Waals surface area contributed by atoms with Crippen LogP contribution in [0.5, 0.6) is 0 Å². The van der Waals surface area contributed by atoms with Crippen molar-refractivity contribution in [3.63, 3.8) is 0 Å². The maximum atomic E-state index is 5.57. The van der Waals surface area contributed by atoms with Gasteiger partial charge in [-0.1, -0.05) is 6.07 Å². The van der Waals surface area contributed by atoms with Gasteiger partial charge in [0, 0.05) is 18.6 Å². The van der Waals surface area contributed by atoms with E-state index >= 15 is 0 Å². The van der Waals surface area contributed by atoms with Crippen molar-refractivity contribution in [1.29, 1.82) is 0 Å². The van der Waals surface area contributed by atoms with Crippen LogP contribution >= 0.6 is 0 Å². The van der Waals surface area contributed by atoms with E-state index in [1.54, 1.807) is 12.4 Å². The van der Waals surface area contributed by atoms with Crippen molar-refractivity contribution < 1.29 is 0 Å². The molecule has 0 bridgehead atoms. The Morgan fingerprint density at radius 1 is 1.33 bits per heavy atom. The zero-order valence-corrected chi connectivity index (χ0v) is 8.72. The highest BCUT2D eigenvalue weighted by molar-refractivity contribution is 5.34. The van der Waals surface area contributed by atoms with Crippen LogP contribution in [-0.4, -0.2) is 21.1 Å². The van der Waals surface area contributed by atoms with E-state index in [1.165, 1.54) is 0 Å². The van der Waals surface area contributed by atoms with E-state index < -0.39 is 0 Å². The molecule has 4 heteroatoms. The Balaban J connectivity index is 2.48. The molecule has 4 nitrogen and oxygen atoms in total. The lowest BCUT2D eigenvalue weighted by atomic mass is 10.2. The fourth-order valence-electron chi connectivity index (χ4n) is 1.60. The molecule has 0 saturated heterocycles. The van der Waals surface area contributed by atoms with Gasteiger partial charge in [-0.05, 0) is 31.5 Å². The second-order valence-electron chi connectivity index (χ2n) is 3.37. The van der Waals surface area contributed by atoms with Crippen LogP contribution < -0.4 is 5.73 Å². The monoisotopic (exact) mass is 202 g/mol. The molecule has 0 unspecified atom stereocenters. The van der Waals surface area contributed by atoms with Crippen LogP contribution in [0.4, 0.5) is 0 Å². The minimum Gasteiger partial charge on any atom is -0.330 e. The number of imidazole rings is 1. The highest BCUT2D eigenvalue weighted by atomic mass is 15.1. The fraction of sp³-hybridized carbons (Fsp3) is 0.273. The number of pyridine rings is 1. The topological polar surface area (TPSA) is 56.7 Å². The number of nitrogens with two attached hydrogens (primary N) is 1. The molecular weight excluding hydrogens is 188 g/mol. The SMILES string of the molecule is Cc1nccn1-c1ncccc1CCN. The van der Waals surface area contributed by atoms with Gasteiger partial charge in [0.05, 0.1) is 0 Å². The summed E-state index contributed by atoms with van der Waals surface area (Å²) in [4.78, 5) is 8.55. The average Bonchev–Trinajstić information content (AvgIpc) is 2.66. The molecule has 0 aromatic carbocycles. The van der Waals surface area contributed by atoms with E-state index in [4.69, 9.17) is 5.73 Å². The standard InChI is InChI=1S/C11H14N4/c1-9-13-7-8-15(9)11-10(4-5-12)3-2-6-14-11/h2-3,6-8H,4-5,12H2,1H3. The molecule has 0 aliphatic heterocycles. The summed E-state index contributed by atoms with van der Waals surface area (Å²) < 4.78 is 1.98. The molecule has 2 aromatic rings. The van der Waals surface area contributed by atoms with Gasteiger partial charge in [0.25, 0.3) is 0 Å². The summed E-state index contributed by atoms with van der Waals surface area (Å²) in [7, 11) is 0. The fourth-order valence-corrected chi connectivity index (χ4v) is 1.60. The Kier molecular flexibility index (Phi) is 2.78. The molecule has 2 aromatic heterocycles. The third-order valence-corrected chi connectivity index (χ3v) is 2.34. The summed E-state index contributed by atoms with van der Waals surface area (Å²) in [5, 5.41) is 0. The van der Waals surface area contributed by atoms with Gasteiger partial charge in [0.15, 0.2) is 0 Å². The highest BCUT2D eigenvalue weighted by Crippen LogP contribution is 2.13. The van der Waals surface area contributed by atoms with E-state index in [1.807, 2.05) is 23.8 Å². The summed E-state index contributed by atoms with van der Waals surface area (Å²) in [5.74, 6) is 1.87. The van der Waals surface area contributed by atoms with Crippen LogP contribution in [0.2, 0.25) is 0 Å². The Labute approximate surface area is 88.8 Å². The van der Waals surface area contributed by atoms with Gasteiger partial charge < -0.3 is 5.73 Å². The van der Waals surface area contributed by atoms with Gasteiger partial charge in [0.2, 0.25) is 0 Å². The summed E-state index contributed by atoms with van der Waals surface area (Å²) >= 11 is 0. The second-order valence-corrected chi connectivity index (χ2v) is 3.37. The molecule has 0 radical (unpaired) electrons. The van der Waals surface area contributed by atoms with Gasteiger partial charge in [0.1, 0.15) is 11.6 Å². The zero-order chi connectivity index (χ0) is 10.7. The first-order valence-electron chi connectivity index (χ1n) is 4.97. The van der Waals surface area contributed by atoms with Crippen molar-refractivity contribution in [2.24, 2.45) is 5.73 Å². The van der Waals surface area contributed by atoms with Crippen LogP contribution in [0.25, 0.3) is 5.82 Å². The maximum Gasteiger partial charge on any atom is 0.141 e. The first-order chi connectivity index (χ1) is 7.33. The lowest BCUT2D eigenvalue weighted by Crippen LogP contribution is -2.08. The number of hydrogen-bond acceptors (Lipinski definition) is 3. The molecule has 0 spiro atoms. The minimum absolute atomic E-state index is 0.631. The lowest BCUT2D eigenvalue weighted by Gasteiger charge is -2.09. The van der Waals surface area contributed by atoms with E-state index in [9.17, 15) is 0 Å². The normalized spacial score (nSPS) is 10.5. The molecule has 0 aliphatic rings. The predicted octanol–water partition coefficient (Wildman–Crippen LogP) is 1.08. The van der Waals surface area contributed by atoms with E-state index in [0.29, 0.717) is 6.54 Å². The summed E-state index contributed by atoms with van der Waals surface area (Å²) in [6.07, 6.45) is 6.31. The minimum atomic E-state index is 0.631. The highest BCUT2D eigenvalue weighted by Gasteiger charge is 2.06. The van der Waals surface area contributed by atoms with Crippen molar-refractivity contribution in [3.8, 4) is 5.82 Å². The molecule has 0 atom stereocenters. The lowest BCUT2D eigenvalue weighted by molar-refractivity contribution is 0.878. The van der Waals surface area contributed by atoms with Crippen LogP contribution in [0, 0.1) is 6.92 Å². The van der Waals surface area contributed by atoms with Gasteiger partial charge >= 0.3 is 0 Å². The van der Waals surface area contributed by atoms with Gasteiger partial charge in [-0.3, -0.25) is 4.57 Å². The van der Waals surface area contributed by atoms with Crippen molar-refractivity contribution in [2.45, 2.75) is 13.3 Å². The molecule has 0 saturated carbocycles. The van der Waals surface area contributed by atoms with E-state index in [-0.39, 0.29) is 0 Å². The zero-order valence-electron chi connectivity index (χ0n) is 8.72. The molecule has 2 heterocycles. The molecule has 0 fully saturated rings. The van der Waals surface area contributed by atoms with Crippen LogP contribution in [0.3, 0.4) is 0 Å². The van der Waals surface area contributed by atoms with Crippen LogP contribution in [0.15, 0.2) is 30.7 Å². The first kappa shape index (κ1) is 9.86. The van der Waals surface area contributed by atoms with Crippen molar-refractivity contribution in [2.75, 3.05) is 6.54 Å². The van der Waals surface area contributed by atoms with Gasteiger partial charge in [-0.2, -0.15) is 0 Å². The maximum absolute atomic E-state index is 5.57. The average molecular weight is 202 g/mol. The number of rotatable bonds is 3. The van der Waals surface area contributed by atoms with Crippen LogP contribution in [-0.2, 0) is 6.42 Å². The number of aryl methyl sites for hydroxylation is 1. The second kappa shape index (κ2) is 4.23. The first-order valence-corrected chi connectivity index (χ1v) is 4.97. The summed E-state index contributed by atoms with van der Waals surface area (Å²) in [5.41, 5.74) is 6.72. The smallest absolute Gasteiger partial charge is 0.141 e. The van der Waals surface area contributed by atoms with Crippen molar-refractivity contribution in [3.05, 3.63) is 42.1 Å². The quantitative estimate of drug-likeness (QED) is 0.810. The van der Waals surface area contributed by atoms with E-state index in [2.05, 4.69) is 16.0 Å². The largest absolute Gasteiger partial charge is 0.330 e. The number of aromatic nitrogens is 3.